The van der Waals surface area contributed by atoms with Crippen molar-refractivity contribution >= 4 is 22.8 Å². The van der Waals surface area contributed by atoms with Crippen molar-refractivity contribution in [1.29, 1.82) is 0 Å². The fraction of sp³-hybridized carbons (Fsp3) is 0.333. The molecule has 0 unspecified atom stereocenters. The van der Waals surface area contributed by atoms with Crippen LogP contribution in [0.5, 0.6) is 0 Å². The summed E-state index contributed by atoms with van der Waals surface area (Å²) >= 11 is 6.07. The number of ether oxygens (including phenoxy) is 1. The highest BCUT2D eigenvalue weighted by atomic mass is 35.5. The maximum atomic E-state index is 12.6. The molecule has 29 heavy (non-hydrogen) atoms. The Hall–Kier alpha value is -3.11. The molecule has 148 valence electrons. The Labute approximate surface area is 169 Å². The Kier molecular flexibility index (Phi) is 4.36. The second-order valence-electron chi connectivity index (χ2n) is 6.92. The van der Waals surface area contributed by atoms with Crippen LogP contribution in [0.15, 0.2) is 39.9 Å². The molecular weight excluding hydrogens is 398 g/mol. The number of rotatable bonds is 4. The molecule has 1 saturated heterocycles. The normalized spacial score (nSPS) is 19.2. The van der Waals surface area contributed by atoms with Crippen LogP contribution in [0.25, 0.3) is 11.2 Å². The van der Waals surface area contributed by atoms with Crippen LogP contribution in [0.1, 0.15) is 35.7 Å². The van der Waals surface area contributed by atoms with Crippen LogP contribution < -0.4 is 5.56 Å². The zero-order chi connectivity index (χ0) is 20.0. The Morgan fingerprint density at radius 3 is 3.10 bits per heavy atom. The van der Waals surface area contributed by atoms with Crippen LogP contribution in [0.2, 0.25) is 5.02 Å². The van der Waals surface area contributed by atoms with E-state index in [2.05, 4.69) is 25.4 Å². The number of hydrogen-bond donors (Lipinski definition) is 0. The highest BCUT2D eigenvalue weighted by Gasteiger charge is 2.31. The Bertz CT molecular complexity index is 1250. The molecule has 10 nitrogen and oxygen atoms in total. The van der Waals surface area contributed by atoms with E-state index in [0.717, 1.165) is 12.0 Å². The zero-order valence-corrected chi connectivity index (χ0v) is 16.2. The Morgan fingerprint density at radius 2 is 2.24 bits per heavy atom. The monoisotopic (exact) mass is 413 g/mol. The summed E-state index contributed by atoms with van der Waals surface area (Å²) in [5, 5.41) is 12.4. The number of nitrogens with zero attached hydrogens (tertiary/aromatic N) is 7. The van der Waals surface area contributed by atoms with Gasteiger partial charge >= 0.3 is 0 Å². The van der Waals surface area contributed by atoms with Gasteiger partial charge in [0.1, 0.15) is 12.9 Å². The maximum Gasteiger partial charge on any atom is 0.281 e. The molecule has 3 aromatic heterocycles. The van der Waals surface area contributed by atoms with Crippen molar-refractivity contribution in [3.05, 3.63) is 63.2 Å². The highest BCUT2D eigenvalue weighted by Crippen LogP contribution is 2.37. The molecular formula is C18H16ClN7O3. The van der Waals surface area contributed by atoms with Crippen molar-refractivity contribution in [1.82, 2.24) is 34.7 Å². The Balaban J connectivity index is 1.33. The first-order valence-corrected chi connectivity index (χ1v) is 9.40. The summed E-state index contributed by atoms with van der Waals surface area (Å²) in [4.78, 5) is 21.2. The number of aryl methyl sites for hydroxylation is 1. The number of hydrogen-bond acceptors (Lipinski definition) is 8. The molecule has 1 aromatic carbocycles. The third-order valence-electron chi connectivity index (χ3n) is 4.96. The molecule has 2 atom stereocenters. The molecule has 0 amide bonds. The van der Waals surface area contributed by atoms with Crippen molar-refractivity contribution in [3.63, 3.8) is 0 Å². The summed E-state index contributed by atoms with van der Waals surface area (Å²) in [7, 11) is 1.64. The molecule has 0 N–H and O–H groups in total. The van der Waals surface area contributed by atoms with Crippen molar-refractivity contribution in [3.8, 4) is 0 Å². The molecule has 5 rings (SSSR count). The van der Waals surface area contributed by atoms with Gasteiger partial charge in [0.05, 0.1) is 12.7 Å². The van der Waals surface area contributed by atoms with Gasteiger partial charge in [-0.25, -0.2) is 9.67 Å². The topological polar surface area (TPSA) is 114 Å². The lowest BCUT2D eigenvalue weighted by molar-refractivity contribution is 0.110. The lowest BCUT2D eigenvalue weighted by atomic mass is 10.0. The number of halogens is 1. The van der Waals surface area contributed by atoms with Gasteiger partial charge in [-0.2, -0.15) is 4.98 Å². The molecule has 0 spiro atoms. The molecule has 1 aliphatic heterocycles. The molecule has 1 fully saturated rings. The van der Waals surface area contributed by atoms with Crippen LogP contribution in [0.4, 0.5) is 0 Å². The summed E-state index contributed by atoms with van der Waals surface area (Å²) in [6.07, 6.45) is 2.07. The molecule has 4 heterocycles. The standard InChI is InChI=1S/C18H16ClN7O3/c1-25-15-17(22-24-25)20-9-26(18(15)27)7-14-21-16(23-29-14)11-6-13(28-8-11)10-3-2-4-12(19)5-10/h2-5,9,11,13H,6-8H2,1H3/t11-,13+/m0/s1. The van der Waals surface area contributed by atoms with Gasteiger partial charge in [-0.1, -0.05) is 34.1 Å². The predicted molar refractivity (Wildman–Crippen MR) is 101 cm³/mol. The smallest absolute Gasteiger partial charge is 0.281 e. The minimum absolute atomic E-state index is 0.00934. The number of aromatic nitrogens is 7. The van der Waals surface area contributed by atoms with Gasteiger partial charge in [-0.15, -0.1) is 5.10 Å². The first-order valence-electron chi connectivity index (χ1n) is 9.03. The molecule has 11 heteroatoms. The van der Waals surface area contributed by atoms with Crippen molar-refractivity contribution in [2.75, 3.05) is 6.61 Å². The number of benzene rings is 1. The van der Waals surface area contributed by atoms with Crippen molar-refractivity contribution in [2.24, 2.45) is 7.05 Å². The second kappa shape index (κ2) is 7.05. The third-order valence-corrected chi connectivity index (χ3v) is 5.20. The van der Waals surface area contributed by atoms with Crippen LogP contribution in [0, 0.1) is 0 Å². The lowest BCUT2D eigenvalue weighted by Crippen LogP contribution is -2.22. The minimum Gasteiger partial charge on any atom is -0.373 e. The molecule has 0 saturated carbocycles. The maximum absolute atomic E-state index is 12.6. The zero-order valence-electron chi connectivity index (χ0n) is 15.4. The van der Waals surface area contributed by atoms with Gasteiger partial charge in [-0.05, 0) is 24.1 Å². The quantitative estimate of drug-likeness (QED) is 0.498. The van der Waals surface area contributed by atoms with Gasteiger partial charge in [0.2, 0.25) is 11.5 Å². The second-order valence-corrected chi connectivity index (χ2v) is 7.36. The van der Waals surface area contributed by atoms with Crippen molar-refractivity contribution < 1.29 is 9.26 Å². The summed E-state index contributed by atoms with van der Waals surface area (Å²) in [5.74, 6) is 0.897. The van der Waals surface area contributed by atoms with Crippen molar-refractivity contribution in [2.45, 2.75) is 25.0 Å². The van der Waals surface area contributed by atoms with Crippen LogP contribution in [-0.2, 0) is 18.3 Å². The lowest BCUT2D eigenvalue weighted by Gasteiger charge is -2.09. The number of fused-ring (bicyclic) bond motifs is 1. The van der Waals surface area contributed by atoms with Crippen LogP contribution in [-0.4, -0.2) is 41.3 Å². The summed E-state index contributed by atoms with van der Waals surface area (Å²) in [6.45, 7) is 0.607. The first-order chi connectivity index (χ1) is 14.1. The highest BCUT2D eigenvalue weighted by molar-refractivity contribution is 6.30. The van der Waals surface area contributed by atoms with Crippen LogP contribution >= 0.6 is 11.6 Å². The van der Waals surface area contributed by atoms with Gasteiger partial charge in [0.15, 0.2) is 11.3 Å². The van der Waals surface area contributed by atoms with Gasteiger partial charge in [-0.3, -0.25) is 9.36 Å². The molecule has 0 radical (unpaired) electrons. The largest absolute Gasteiger partial charge is 0.373 e. The van der Waals surface area contributed by atoms with E-state index in [9.17, 15) is 4.79 Å². The van der Waals surface area contributed by atoms with E-state index in [0.29, 0.717) is 34.5 Å². The first kappa shape index (κ1) is 18.0. The van der Waals surface area contributed by atoms with E-state index < -0.39 is 0 Å². The minimum atomic E-state index is -0.271. The van der Waals surface area contributed by atoms with Crippen LogP contribution in [0.3, 0.4) is 0 Å². The molecule has 1 aliphatic rings. The third kappa shape index (κ3) is 3.30. The van der Waals surface area contributed by atoms with Gasteiger partial charge in [0.25, 0.3) is 5.56 Å². The fourth-order valence-electron chi connectivity index (χ4n) is 3.48. The molecule has 4 aromatic rings. The van der Waals surface area contributed by atoms with E-state index in [-0.39, 0.29) is 24.1 Å². The summed E-state index contributed by atoms with van der Waals surface area (Å²) in [6, 6.07) is 7.63. The SMILES string of the molecule is Cn1nnc2ncn(Cc3nc([C@@H]4CO[C@@H](c5cccc(Cl)c5)C4)no3)c(=O)c21. The predicted octanol–water partition coefficient (Wildman–Crippen LogP) is 1.85. The molecule has 0 bridgehead atoms. The average molecular weight is 414 g/mol. The Morgan fingerprint density at radius 1 is 1.34 bits per heavy atom. The summed E-state index contributed by atoms with van der Waals surface area (Å²) < 4.78 is 14.0. The summed E-state index contributed by atoms with van der Waals surface area (Å²) in [5.41, 5.74) is 1.38. The molecule has 0 aliphatic carbocycles. The van der Waals surface area contributed by atoms with E-state index in [1.165, 1.54) is 15.6 Å². The fourth-order valence-corrected chi connectivity index (χ4v) is 3.68. The van der Waals surface area contributed by atoms with E-state index in [4.69, 9.17) is 20.9 Å². The van der Waals surface area contributed by atoms with E-state index in [1.807, 2.05) is 24.3 Å². The van der Waals surface area contributed by atoms with E-state index in [1.54, 1.807) is 7.05 Å². The van der Waals surface area contributed by atoms with Gasteiger partial charge < -0.3 is 9.26 Å². The van der Waals surface area contributed by atoms with Gasteiger partial charge in [0, 0.05) is 18.0 Å². The van der Waals surface area contributed by atoms with E-state index >= 15 is 0 Å². The average Bonchev–Trinajstić information content (AvgIpc) is 3.44.